The van der Waals surface area contributed by atoms with Crippen LogP contribution in [0.15, 0.2) is 65.7 Å². The minimum atomic E-state index is -5.44. The van der Waals surface area contributed by atoms with Crippen LogP contribution in [-0.4, -0.2) is 96.9 Å². The van der Waals surface area contributed by atoms with Crippen molar-refractivity contribution in [2.45, 2.75) is 173 Å². The number of rotatable bonds is 36. The predicted octanol–water partition coefficient (Wildman–Crippen LogP) is 7.43. The number of hydrogen-bond acceptors (Lipinski definition) is 16. The number of nitrogens with zero attached hydrogens (tertiary/aromatic N) is 2. The molecule has 1 fully saturated rings. The van der Waals surface area contributed by atoms with E-state index in [0.29, 0.717) is 38.0 Å². The van der Waals surface area contributed by atoms with Gasteiger partial charge in [0.25, 0.3) is 0 Å². The molecule has 0 radical (unpaired) electrons. The standard InChI is InChI=1S/C45H75N3O16P2/c1-4-6-7-8-10-16-21-26-36(49)27-22-17-11-9-12-19-24-29-41(51)62-37(32-59-40(50)28-23-18-14-13-15-20-25-35(3)5-2)33-60-65(55,56)64-66(57,58)61-34-38-42(52)43(53)44(63-38)48-31-30-39(46)47-45(48)54/h9-10,12,16-17,21-22,26,30-31,35-38,42-44,49,52-53H,4-8,11,13-15,18-20,23-25,27-29,32-34H2,1-3H3,(H,55,56)(H,57,58)(H2,46,47,54)/b12-9+,16-10-,22-17-,26-21-/t35?,36-,37+,38+,42+,43+,44+/m0/s1. The molecule has 66 heavy (non-hydrogen) atoms. The maximum atomic E-state index is 12.8. The summed E-state index contributed by atoms with van der Waals surface area (Å²) in [5.74, 6) is -0.706. The van der Waals surface area contributed by atoms with Crippen molar-refractivity contribution < 1.29 is 71.4 Å². The first-order valence-electron chi connectivity index (χ1n) is 23.2. The summed E-state index contributed by atoms with van der Waals surface area (Å²) >= 11 is 0. The Kier molecular flexibility index (Phi) is 29.6. The van der Waals surface area contributed by atoms with Crippen LogP contribution < -0.4 is 11.4 Å². The second-order valence-corrected chi connectivity index (χ2v) is 19.4. The zero-order valence-electron chi connectivity index (χ0n) is 38.8. The van der Waals surface area contributed by atoms with Crippen LogP contribution in [0.4, 0.5) is 5.82 Å². The Morgan fingerprint density at radius 3 is 2.27 bits per heavy atom. The second kappa shape index (κ2) is 33.2. The van der Waals surface area contributed by atoms with E-state index in [-0.39, 0.29) is 18.7 Å². The van der Waals surface area contributed by atoms with Gasteiger partial charge in [0.15, 0.2) is 12.3 Å². The molecule has 1 aliphatic heterocycles. The van der Waals surface area contributed by atoms with E-state index in [2.05, 4.69) is 36.1 Å². The first-order valence-corrected chi connectivity index (χ1v) is 26.1. The van der Waals surface area contributed by atoms with Crippen LogP contribution in [-0.2, 0) is 46.3 Å². The van der Waals surface area contributed by atoms with Gasteiger partial charge < -0.3 is 45.1 Å². The highest BCUT2D eigenvalue weighted by molar-refractivity contribution is 7.61. The van der Waals surface area contributed by atoms with Crippen LogP contribution in [0.1, 0.15) is 143 Å². The van der Waals surface area contributed by atoms with Crippen LogP contribution >= 0.6 is 15.6 Å². The summed E-state index contributed by atoms with van der Waals surface area (Å²) in [4.78, 5) is 61.6. The number of unbranched alkanes of at least 4 members (excludes halogenated alkanes) is 9. The molecule has 1 aromatic heterocycles. The number of nitrogen functional groups attached to an aromatic ring is 1. The Hall–Kier alpha value is -3.32. The summed E-state index contributed by atoms with van der Waals surface area (Å²) in [6.07, 6.45) is 22.7. The lowest BCUT2D eigenvalue weighted by Gasteiger charge is -2.21. The molecule has 1 saturated heterocycles. The van der Waals surface area contributed by atoms with Gasteiger partial charge in [-0.25, -0.2) is 13.9 Å². The minimum Gasteiger partial charge on any atom is -0.462 e. The van der Waals surface area contributed by atoms with Gasteiger partial charge in [0.1, 0.15) is 30.7 Å². The molecule has 0 aliphatic carbocycles. The third kappa shape index (κ3) is 26.3. The summed E-state index contributed by atoms with van der Waals surface area (Å²) in [5.41, 5.74) is 4.56. The predicted molar refractivity (Wildman–Crippen MR) is 248 cm³/mol. The Morgan fingerprint density at radius 1 is 0.864 bits per heavy atom. The van der Waals surface area contributed by atoms with Crippen molar-refractivity contribution in [3.8, 4) is 0 Å². The molecule has 1 aromatic rings. The molecule has 0 saturated carbocycles. The molecule has 0 spiro atoms. The maximum absolute atomic E-state index is 12.8. The van der Waals surface area contributed by atoms with Crippen molar-refractivity contribution in [1.82, 2.24) is 9.55 Å². The Bertz CT molecular complexity index is 1820. The highest BCUT2D eigenvalue weighted by Gasteiger charge is 2.46. The Balaban J connectivity index is 1.88. The summed E-state index contributed by atoms with van der Waals surface area (Å²) in [6, 6.07) is 1.24. The number of carbonyl (C=O) groups excluding carboxylic acids is 2. The normalized spacial score (nSPS) is 21.1. The second-order valence-electron chi connectivity index (χ2n) is 16.3. The monoisotopic (exact) mass is 975 g/mol. The molecule has 0 aromatic carbocycles. The number of esters is 2. The molecule has 0 bridgehead atoms. The number of carbonyl (C=O) groups is 2. The number of aromatic nitrogens is 2. The molecule has 21 heteroatoms. The molecular formula is C45H75N3O16P2. The van der Waals surface area contributed by atoms with Gasteiger partial charge in [-0.1, -0.05) is 127 Å². The smallest absolute Gasteiger partial charge is 0.462 e. The molecule has 7 N–H and O–H groups in total. The van der Waals surface area contributed by atoms with Crippen LogP contribution in [0.25, 0.3) is 0 Å². The largest absolute Gasteiger partial charge is 0.481 e. The van der Waals surface area contributed by atoms with Crippen molar-refractivity contribution in [2.24, 2.45) is 5.92 Å². The fourth-order valence-electron chi connectivity index (χ4n) is 6.48. The number of phosphoric ester groups is 2. The average Bonchev–Trinajstić information content (AvgIpc) is 3.54. The highest BCUT2D eigenvalue weighted by atomic mass is 31.3. The van der Waals surface area contributed by atoms with Crippen LogP contribution in [0, 0.1) is 5.92 Å². The molecule has 9 atom stereocenters. The van der Waals surface area contributed by atoms with E-state index in [1.54, 1.807) is 6.08 Å². The number of nitrogens with two attached hydrogens (primary N) is 1. The van der Waals surface area contributed by atoms with Crippen molar-refractivity contribution in [3.63, 3.8) is 0 Å². The van der Waals surface area contributed by atoms with E-state index in [9.17, 15) is 48.6 Å². The lowest BCUT2D eigenvalue weighted by molar-refractivity contribution is -0.161. The van der Waals surface area contributed by atoms with Gasteiger partial charge >= 0.3 is 33.3 Å². The Labute approximate surface area is 389 Å². The molecule has 0 amide bonds. The highest BCUT2D eigenvalue weighted by Crippen LogP contribution is 2.60. The average molecular weight is 976 g/mol. The number of allylic oxidation sites excluding steroid dienone is 6. The summed E-state index contributed by atoms with van der Waals surface area (Å²) in [6.45, 7) is 4.19. The van der Waals surface area contributed by atoms with Crippen molar-refractivity contribution in [1.29, 1.82) is 0 Å². The van der Waals surface area contributed by atoms with Crippen LogP contribution in [0.2, 0.25) is 0 Å². The topological polar surface area (TPSA) is 286 Å². The quantitative estimate of drug-likeness (QED) is 0.0125. The van der Waals surface area contributed by atoms with E-state index in [4.69, 9.17) is 29.0 Å². The summed E-state index contributed by atoms with van der Waals surface area (Å²) in [5, 5.41) is 31.0. The van der Waals surface area contributed by atoms with Crippen LogP contribution in [0.5, 0.6) is 0 Å². The lowest BCUT2D eigenvalue weighted by Crippen LogP contribution is -2.36. The fourth-order valence-corrected chi connectivity index (χ4v) is 8.59. The lowest BCUT2D eigenvalue weighted by atomic mass is 10.00. The number of aliphatic hydroxyl groups excluding tert-OH is 3. The molecule has 19 nitrogen and oxygen atoms in total. The van der Waals surface area contributed by atoms with Crippen molar-refractivity contribution in [3.05, 3.63) is 71.4 Å². The van der Waals surface area contributed by atoms with Gasteiger partial charge in [0, 0.05) is 19.0 Å². The molecular weight excluding hydrogens is 900 g/mol. The first kappa shape index (κ1) is 58.8. The number of ether oxygens (including phenoxy) is 3. The Morgan fingerprint density at radius 2 is 1.55 bits per heavy atom. The molecule has 2 heterocycles. The van der Waals surface area contributed by atoms with E-state index in [0.717, 1.165) is 55.7 Å². The number of anilines is 1. The zero-order valence-corrected chi connectivity index (χ0v) is 40.5. The molecule has 2 rings (SSSR count). The third-order valence-corrected chi connectivity index (χ3v) is 13.1. The molecule has 376 valence electrons. The SMILES string of the molecule is CCCCC/C=C\C=C/[C@H](O)C/C=C\C/C=C/CCCC(=O)O[C@H](COC(=O)CCCCCCCCC(C)CC)COP(=O)(O)OP(=O)(O)OC[C@H]1O[C@@H](n2ccc(N)nc2=O)[C@H](O)[C@@H]1O. The van der Waals surface area contributed by atoms with E-state index >= 15 is 0 Å². The van der Waals surface area contributed by atoms with Crippen LogP contribution in [0.3, 0.4) is 0 Å². The fraction of sp³-hybridized carbons (Fsp3) is 0.689. The number of phosphoric acid groups is 2. The van der Waals surface area contributed by atoms with E-state index in [1.807, 2.05) is 36.5 Å². The van der Waals surface area contributed by atoms with Gasteiger partial charge in [-0.05, 0) is 56.9 Å². The van der Waals surface area contributed by atoms with E-state index < -0.39 is 89.8 Å². The van der Waals surface area contributed by atoms with Gasteiger partial charge in [-0.15, -0.1) is 0 Å². The van der Waals surface area contributed by atoms with Gasteiger partial charge in [-0.3, -0.25) is 23.2 Å². The zero-order chi connectivity index (χ0) is 48.8. The van der Waals surface area contributed by atoms with Crippen molar-refractivity contribution in [2.75, 3.05) is 25.6 Å². The van der Waals surface area contributed by atoms with E-state index in [1.165, 1.54) is 31.7 Å². The van der Waals surface area contributed by atoms with Gasteiger partial charge in [0.2, 0.25) is 0 Å². The first-order chi connectivity index (χ1) is 31.5. The van der Waals surface area contributed by atoms with Gasteiger partial charge in [0.05, 0.1) is 19.3 Å². The summed E-state index contributed by atoms with van der Waals surface area (Å²) in [7, 11) is -10.9. The summed E-state index contributed by atoms with van der Waals surface area (Å²) < 4.78 is 56.4. The third-order valence-electron chi connectivity index (χ3n) is 10.5. The van der Waals surface area contributed by atoms with Gasteiger partial charge in [-0.2, -0.15) is 9.29 Å². The molecule has 1 aliphatic rings. The number of hydrogen-bond donors (Lipinski definition) is 6. The maximum Gasteiger partial charge on any atom is 0.481 e. The molecule has 3 unspecified atom stereocenters. The number of aliphatic hydroxyl groups is 3. The minimum absolute atomic E-state index is 0.0609. The van der Waals surface area contributed by atoms with Crippen molar-refractivity contribution >= 4 is 33.4 Å².